The summed E-state index contributed by atoms with van der Waals surface area (Å²) >= 11 is 1.62. The van der Waals surface area contributed by atoms with Crippen LogP contribution in [0.2, 0.25) is 0 Å². The van der Waals surface area contributed by atoms with E-state index in [-0.39, 0.29) is 0 Å². The topological polar surface area (TPSA) is 29.5 Å². The quantitative estimate of drug-likeness (QED) is 0.895. The fourth-order valence-electron chi connectivity index (χ4n) is 2.17. The van der Waals surface area contributed by atoms with Crippen LogP contribution < -0.4 is 4.74 Å². The molecule has 1 aromatic carbocycles. The molecule has 0 bridgehead atoms. The van der Waals surface area contributed by atoms with E-state index >= 15 is 0 Å². The molecule has 1 atom stereocenters. The van der Waals surface area contributed by atoms with Crippen LogP contribution in [0.25, 0.3) is 0 Å². The zero-order chi connectivity index (χ0) is 13.2. The first kappa shape index (κ1) is 12.7. The van der Waals surface area contributed by atoms with Gasteiger partial charge in [-0.05, 0) is 54.0 Å². The number of hydrogen-bond donors (Lipinski definition) is 1. The van der Waals surface area contributed by atoms with Crippen molar-refractivity contribution in [2.45, 2.75) is 38.4 Å². The summed E-state index contributed by atoms with van der Waals surface area (Å²) in [6.07, 6.45) is 3.10. The van der Waals surface area contributed by atoms with Crippen molar-refractivity contribution >= 4 is 11.3 Å². The highest BCUT2D eigenvalue weighted by Crippen LogP contribution is 2.33. The molecule has 1 unspecified atom stereocenters. The van der Waals surface area contributed by atoms with E-state index in [9.17, 15) is 5.11 Å². The van der Waals surface area contributed by atoms with Crippen LogP contribution in [0.1, 0.15) is 41.9 Å². The summed E-state index contributed by atoms with van der Waals surface area (Å²) in [7, 11) is 0. The monoisotopic (exact) mass is 274 g/mol. The first-order valence-corrected chi connectivity index (χ1v) is 7.67. The molecule has 0 spiro atoms. The molecular formula is C16H18O2S. The maximum absolute atomic E-state index is 10.5. The van der Waals surface area contributed by atoms with E-state index in [0.29, 0.717) is 6.10 Å². The van der Waals surface area contributed by atoms with E-state index in [1.807, 2.05) is 29.6 Å². The molecule has 3 heteroatoms. The van der Waals surface area contributed by atoms with Crippen molar-refractivity contribution in [3.05, 3.63) is 51.7 Å². The molecule has 1 fully saturated rings. The highest BCUT2D eigenvalue weighted by Gasteiger charge is 2.24. The van der Waals surface area contributed by atoms with Gasteiger partial charge in [-0.15, -0.1) is 11.3 Å². The predicted octanol–water partition coefficient (Wildman–Crippen LogP) is 3.93. The lowest BCUT2D eigenvalue weighted by Crippen LogP contribution is -2.02. The first-order chi connectivity index (χ1) is 9.28. The molecule has 1 aromatic heterocycles. The highest BCUT2D eigenvalue weighted by molar-refractivity contribution is 7.10. The average molecular weight is 274 g/mol. The highest BCUT2D eigenvalue weighted by atomic mass is 32.1. The zero-order valence-electron chi connectivity index (χ0n) is 11.0. The minimum absolute atomic E-state index is 0.389. The van der Waals surface area contributed by atoms with Crippen LogP contribution in [0.15, 0.2) is 35.7 Å². The molecule has 1 aliphatic carbocycles. The molecule has 19 heavy (non-hydrogen) atoms. The molecule has 0 radical (unpaired) electrons. The van der Waals surface area contributed by atoms with E-state index < -0.39 is 6.10 Å². The Labute approximate surface area is 117 Å². The van der Waals surface area contributed by atoms with E-state index in [1.165, 1.54) is 5.56 Å². The fraction of sp³-hybridized carbons (Fsp3) is 0.375. The molecule has 0 saturated heterocycles. The zero-order valence-corrected chi connectivity index (χ0v) is 11.8. The number of hydrogen-bond acceptors (Lipinski definition) is 3. The number of aliphatic hydroxyl groups excluding tert-OH is 1. The Bertz CT molecular complexity index is 557. The summed E-state index contributed by atoms with van der Waals surface area (Å²) in [4.78, 5) is 1.05. The van der Waals surface area contributed by atoms with Gasteiger partial charge in [0.2, 0.25) is 0 Å². The van der Waals surface area contributed by atoms with E-state index in [4.69, 9.17) is 4.74 Å². The molecule has 0 amide bonds. The van der Waals surface area contributed by atoms with Crippen molar-refractivity contribution in [1.82, 2.24) is 0 Å². The Kier molecular flexibility index (Phi) is 3.58. The lowest BCUT2D eigenvalue weighted by Gasteiger charge is -2.13. The largest absolute Gasteiger partial charge is 0.490 e. The van der Waals surface area contributed by atoms with Crippen molar-refractivity contribution in [1.29, 1.82) is 0 Å². The molecule has 100 valence electrons. The molecule has 0 aliphatic heterocycles. The molecule has 3 rings (SSSR count). The summed E-state index contributed by atoms with van der Waals surface area (Å²) in [5.74, 6) is 0.869. The lowest BCUT2D eigenvalue weighted by atomic mass is 10.0. The second kappa shape index (κ2) is 5.35. The molecular weight excluding hydrogens is 256 g/mol. The fourth-order valence-corrected chi connectivity index (χ4v) is 3.17. The molecule has 1 heterocycles. The van der Waals surface area contributed by atoms with Gasteiger partial charge in [-0.25, -0.2) is 0 Å². The van der Waals surface area contributed by atoms with E-state index in [1.54, 1.807) is 11.3 Å². The Morgan fingerprint density at radius 1 is 1.37 bits per heavy atom. The summed E-state index contributed by atoms with van der Waals surface area (Å²) in [5, 5.41) is 12.6. The van der Waals surface area contributed by atoms with Gasteiger partial charge in [-0.3, -0.25) is 0 Å². The number of aryl methyl sites for hydroxylation is 1. The van der Waals surface area contributed by atoms with Gasteiger partial charge in [0.15, 0.2) is 0 Å². The minimum Gasteiger partial charge on any atom is -0.490 e. The van der Waals surface area contributed by atoms with Gasteiger partial charge in [0.1, 0.15) is 11.9 Å². The number of thiophene rings is 1. The lowest BCUT2D eigenvalue weighted by molar-refractivity contribution is 0.222. The summed E-state index contributed by atoms with van der Waals surface area (Å²) in [5.41, 5.74) is 2.14. The number of rotatable bonds is 5. The second-order valence-electron chi connectivity index (χ2n) is 4.96. The van der Waals surface area contributed by atoms with Gasteiger partial charge in [-0.2, -0.15) is 0 Å². The van der Waals surface area contributed by atoms with E-state index in [2.05, 4.69) is 13.0 Å². The molecule has 2 nitrogen and oxygen atoms in total. The minimum atomic E-state index is -0.544. The van der Waals surface area contributed by atoms with E-state index in [0.717, 1.165) is 35.5 Å². The van der Waals surface area contributed by atoms with Crippen LogP contribution in [-0.4, -0.2) is 11.2 Å². The predicted molar refractivity (Wildman–Crippen MR) is 77.9 cm³/mol. The third kappa shape index (κ3) is 2.82. The summed E-state index contributed by atoms with van der Waals surface area (Å²) < 4.78 is 5.78. The smallest absolute Gasteiger partial charge is 0.120 e. The molecule has 2 aromatic rings. The third-order valence-electron chi connectivity index (χ3n) is 3.41. The Morgan fingerprint density at radius 2 is 2.21 bits per heavy atom. The Hall–Kier alpha value is -1.32. The van der Waals surface area contributed by atoms with Crippen LogP contribution >= 0.6 is 11.3 Å². The molecule has 1 N–H and O–H groups in total. The number of benzene rings is 1. The number of aliphatic hydroxyl groups is 1. The van der Waals surface area contributed by atoms with Crippen molar-refractivity contribution in [2.24, 2.45) is 0 Å². The second-order valence-corrected chi connectivity index (χ2v) is 5.90. The average Bonchev–Trinajstić information content (AvgIpc) is 3.11. The third-order valence-corrected chi connectivity index (χ3v) is 4.42. The normalized spacial score (nSPS) is 16.3. The number of ether oxygens (including phenoxy) is 1. The standard InChI is InChI=1S/C16H18O2S/c1-2-11-8-9-19-16(11)15(17)12-4-3-5-14(10-12)18-13-6-7-13/h3-5,8-10,13,15,17H,2,6-7H2,1H3. The van der Waals surface area contributed by atoms with Crippen molar-refractivity contribution in [3.63, 3.8) is 0 Å². The van der Waals surface area contributed by atoms with Crippen LogP contribution in [0, 0.1) is 0 Å². The van der Waals surface area contributed by atoms with Crippen LogP contribution in [0.5, 0.6) is 5.75 Å². The van der Waals surface area contributed by atoms with Gasteiger partial charge >= 0.3 is 0 Å². The van der Waals surface area contributed by atoms with Crippen LogP contribution in [-0.2, 0) is 6.42 Å². The Balaban J connectivity index is 1.84. The SMILES string of the molecule is CCc1ccsc1C(O)c1cccc(OC2CC2)c1. The maximum atomic E-state index is 10.5. The summed E-state index contributed by atoms with van der Waals surface area (Å²) in [6.45, 7) is 2.12. The molecule has 1 aliphatic rings. The van der Waals surface area contributed by atoms with Crippen LogP contribution in [0.4, 0.5) is 0 Å². The Morgan fingerprint density at radius 3 is 2.95 bits per heavy atom. The van der Waals surface area contributed by atoms with Crippen molar-refractivity contribution in [3.8, 4) is 5.75 Å². The van der Waals surface area contributed by atoms with Gasteiger partial charge in [-0.1, -0.05) is 19.1 Å². The van der Waals surface area contributed by atoms with Gasteiger partial charge in [0, 0.05) is 4.88 Å². The van der Waals surface area contributed by atoms with Crippen molar-refractivity contribution < 1.29 is 9.84 Å². The summed E-state index contributed by atoms with van der Waals surface area (Å²) in [6, 6.07) is 9.93. The van der Waals surface area contributed by atoms with Gasteiger partial charge < -0.3 is 9.84 Å². The van der Waals surface area contributed by atoms with Gasteiger partial charge in [0.05, 0.1) is 6.10 Å². The van der Waals surface area contributed by atoms with Crippen molar-refractivity contribution in [2.75, 3.05) is 0 Å². The molecule has 1 saturated carbocycles. The first-order valence-electron chi connectivity index (χ1n) is 6.79. The van der Waals surface area contributed by atoms with Crippen LogP contribution in [0.3, 0.4) is 0 Å². The van der Waals surface area contributed by atoms with Gasteiger partial charge in [0.25, 0.3) is 0 Å². The maximum Gasteiger partial charge on any atom is 0.120 e.